The highest BCUT2D eigenvalue weighted by Crippen LogP contribution is 2.17. The third kappa shape index (κ3) is 4.21. The van der Waals surface area contributed by atoms with Gasteiger partial charge in [-0.1, -0.05) is 49.0 Å². The third-order valence-electron chi connectivity index (χ3n) is 3.09. The van der Waals surface area contributed by atoms with Gasteiger partial charge in [0.2, 0.25) is 6.10 Å². The van der Waals surface area contributed by atoms with Crippen LogP contribution in [0.2, 0.25) is 0 Å². The van der Waals surface area contributed by atoms with Crippen LogP contribution in [0.4, 0.5) is 0 Å². The summed E-state index contributed by atoms with van der Waals surface area (Å²) in [6, 6.07) is 17.9. The van der Waals surface area contributed by atoms with E-state index in [-0.39, 0.29) is 0 Å². The van der Waals surface area contributed by atoms with Crippen LogP contribution >= 0.6 is 0 Å². The van der Waals surface area contributed by atoms with Crippen molar-refractivity contribution in [2.24, 2.45) is 0 Å². The number of ether oxygens (including phenoxy) is 2. The van der Waals surface area contributed by atoms with Crippen LogP contribution in [-0.2, 0) is 16.0 Å². The van der Waals surface area contributed by atoms with E-state index in [9.17, 15) is 4.79 Å². The zero-order valence-corrected chi connectivity index (χ0v) is 12.0. The van der Waals surface area contributed by atoms with Gasteiger partial charge in [-0.2, -0.15) is 0 Å². The summed E-state index contributed by atoms with van der Waals surface area (Å²) in [5, 5.41) is 0. The Morgan fingerprint density at radius 3 is 2.29 bits per heavy atom. The predicted molar refractivity (Wildman–Crippen MR) is 82.3 cm³/mol. The van der Waals surface area contributed by atoms with Crippen LogP contribution in [-0.4, -0.2) is 19.2 Å². The molecule has 0 radical (unpaired) electrons. The SMILES string of the molecule is C=CC(Oc1ccc(Cc2ccccc2)cc1)C(=O)OC. The molecule has 3 nitrogen and oxygen atoms in total. The average molecular weight is 282 g/mol. The summed E-state index contributed by atoms with van der Waals surface area (Å²) in [6.07, 6.45) is 1.50. The Bertz CT molecular complexity index is 588. The molecule has 0 saturated carbocycles. The zero-order chi connectivity index (χ0) is 15.1. The van der Waals surface area contributed by atoms with Crippen LogP contribution < -0.4 is 4.74 Å². The highest BCUT2D eigenvalue weighted by molar-refractivity contribution is 5.77. The van der Waals surface area contributed by atoms with E-state index in [1.54, 1.807) is 0 Å². The van der Waals surface area contributed by atoms with Gasteiger partial charge in [0.1, 0.15) is 5.75 Å². The Morgan fingerprint density at radius 1 is 1.10 bits per heavy atom. The van der Waals surface area contributed by atoms with Crippen molar-refractivity contribution < 1.29 is 14.3 Å². The van der Waals surface area contributed by atoms with Crippen molar-refractivity contribution in [3.63, 3.8) is 0 Å². The maximum Gasteiger partial charge on any atom is 0.351 e. The van der Waals surface area contributed by atoms with E-state index >= 15 is 0 Å². The van der Waals surface area contributed by atoms with Gasteiger partial charge in [0.15, 0.2) is 0 Å². The summed E-state index contributed by atoms with van der Waals surface area (Å²) in [7, 11) is 1.32. The molecule has 21 heavy (non-hydrogen) atoms. The van der Waals surface area contributed by atoms with E-state index in [0.29, 0.717) is 5.75 Å². The first-order valence-corrected chi connectivity index (χ1v) is 6.73. The van der Waals surface area contributed by atoms with Crippen molar-refractivity contribution >= 4 is 5.97 Å². The molecular formula is C18H18O3. The first-order chi connectivity index (χ1) is 10.2. The monoisotopic (exact) mass is 282 g/mol. The Labute approximate surface area is 124 Å². The molecule has 2 aromatic rings. The lowest BCUT2D eigenvalue weighted by Crippen LogP contribution is -2.26. The number of carbonyl (C=O) groups is 1. The van der Waals surface area contributed by atoms with E-state index < -0.39 is 12.1 Å². The molecule has 0 amide bonds. The second-order valence-corrected chi connectivity index (χ2v) is 4.60. The lowest BCUT2D eigenvalue weighted by molar-refractivity contribution is -0.146. The molecule has 0 heterocycles. The van der Waals surface area contributed by atoms with Crippen molar-refractivity contribution in [1.82, 2.24) is 0 Å². The summed E-state index contributed by atoms with van der Waals surface area (Å²) in [4.78, 5) is 11.4. The Morgan fingerprint density at radius 2 is 1.71 bits per heavy atom. The maximum atomic E-state index is 11.4. The highest BCUT2D eigenvalue weighted by Gasteiger charge is 2.16. The van der Waals surface area contributed by atoms with Gasteiger partial charge in [0, 0.05) is 0 Å². The number of carbonyl (C=O) groups excluding carboxylic acids is 1. The van der Waals surface area contributed by atoms with Gasteiger partial charge in [-0.3, -0.25) is 0 Å². The number of benzene rings is 2. The standard InChI is InChI=1S/C18H18O3/c1-3-17(18(19)20-2)21-16-11-9-15(10-12-16)13-14-7-5-4-6-8-14/h3-12,17H,1,13H2,2H3. The second-order valence-electron chi connectivity index (χ2n) is 4.60. The van der Waals surface area contributed by atoms with E-state index in [1.807, 2.05) is 42.5 Å². The molecule has 0 aromatic heterocycles. The first-order valence-electron chi connectivity index (χ1n) is 6.73. The fourth-order valence-corrected chi connectivity index (χ4v) is 1.97. The number of methoxy groups -OCH3 is 1. The quantitative estimate of drug-likeness (QED) is 0.602. The van der Waals surface area contributed by atoms with Gasteiger partial charge in [-0.25, -0.2) is 4.79 Å². The van der Waals surface area contributed by atoms with Gasteiger partial charge >= 0.3 is 5.97 Å². The van der Waals surface area contributed by atoms with Crippen LogP contribution in [0, 0.1) is 0 Å². The largest absolute Gasteiger partial charge is 0.475 e. The molecule has 108 valence electrons. The lowest BCUT2D eigenvalue weighted by Gasteiger charge is -2.13. The van der Waals surface area contributed by atoms with E-state index in [0.717, 1.165) is 6.42 Å². The highest BCUT2D eigenvalue weighted by atomic mass is 16.6. The minimum Gasteiger partial charge on any atom is -0.475 e. The van der Waals surface area contributed by atoms with Crippen LogP contribution in [0.1, 0.15) is 11.1 Å². The molecule has 0 aliphatic rings. The van der Waals surface area contributed by atoms with Crippen molar-refractivity contribution in [2.45, 2.75) is 12.5 Å². The third-order valence-corrected chi connectivity index (χ3v) is 3.09. The summed E-state index contributed by atoms with van der Waals surface area (Å²) in [5.41, 5.74) is 2.44. The first kappa shape index (κ1) is 14.9. The number of hydrogen-bond donors (Lipinski definition) is 0. The number of esters is 1. The van der Waals surface area contributed by atoms with E-state index in [1.165, 1.54) is 24.3 Å². The Kier molecular flexibility index (Phi) is 5.16. The van der Waals surface area contributed by atoms with Crippen LogP contribution in [0.5, 0.6) is 5.75 Å². The van der Waals surface area contributed by atoms with Gasteiger partial charge in [0.05, 0.1) is 7.11 Å². The molecule has 1 unspecified atom stereocenters. The molecule has 2 rings (SSSR count). The topological polar surface area (TPSA) is 35.5 Å². The van der Waals surface area contributed by atoms with Gasteiger partial charge in [0.25, 0.3) is 0 Å². The zero-order valence-electron chi connectivity index (χ0n) is 12.0. The molecule has 0 N–H and O–H groups in total. The summed E-state index contributed by atoms with van der Waals surface area (Å²) >= 11 is 0. The molecule has 0 aliphatic heterocycles. The van der Waals surface area contributed by atoms with Crippen molar-refractivity contribution in [3.8, 4) is 5.75 Å². The van der Waals surface area contributed by atoms with Gasteiger partial charge < -0.3 is 9.47 Å². The summed E-state index contributed by atoms with van der Waals surface area (Å²) < 4.78 is 10.2. The van der Waals surface area contributed by atoms with Crippen molar-refractivity contribution in [3.05, 3.63) is 78.4 Å². The molecular weight excluding hydrogens is 264 g/mol. The minimum absolute atomic E-state index is 0.460. The maximum absolute atomic E-state index is 11.4. The van der Waals surface area contributed by atoms with Crippen LogP contribution in [0.3, 0.4) is 0 Å². The summed E-state index contributed by atoms with van der Waals surface area (Å²) in [5.74, 6) is 0.153. The minimum atomic E-state index is -0.782. The Hall–Kier alpha value is -2.55. The van der Waals surface area contributed by atoms with Crippen molar-refractivity contribution in [2.75, 3.05) is 7.11 Å². The fraction of sp³-hybridized carbons (Fsp3) is 0.167. The normalized spacial score (nSPS) is 11.5. The van der Waals surface area contributed by atoms with Crippen LogP contribution in [0.25, 0.3) is 0 Å². The van der Waals surface area contributed by atoms with Gasteiger partial charge in [-0.15, -0.1) is 0 Å². The van der Waals surface area contributed by atoms with Gasteiger partial charge in [-0.05, 0) is 35.8 Å². The molecule has 1 atom stereocenters. The molecule has 2 aromatic carbocycles. The summed E-state index contributed by atoms with van der Waals surface area (Å²) in [6.45, 7) is 3.57. The van der Waals surface area contributed by atoms with Crippen molar-refractivity contribution in [1.29, 1.82) is 0 Å². The smallest absolute Gasteiger partial charge is 0.351 e. The fourth-order valence-electron chi connectivity index (χ4n) is 1.97. The molecule has 0 bridgehead atoms. The number of hydrogen-bond acceptors (Lipinski definition) is 3. The molecule has 3 heteroatoms. The molecule has 0 fully saturated rings. The van der Waals surface area contributed by atoms with Crippen LogP contribution in [0.15, 0.2) is 67.3 Å². The molecule has 0 saturated heterocycles. The second kappa shape index (κ2) is 7.29. The van der Waals surface area contributed by atoms with E-state index in [4.69, 9.17) is 4.74 Å². The molecule has 0 spiro atoms. The Balaban J connectivity index is 2.02. The van der Waals surface area contributed by atoms with E-state index in [2.05, 4.69) is 23.4 Å². The number of rotatable bonds is 6. The molecule has 0 aliphatic carbocycles. The lowest BCUT2D eigenvalue weighted by atomic mass is 10.1. The average Bonchev–Trinajstić information content (AvgIpc) is 2.54. The predicted octanol–water partition coefficient (Wildman–Crippen LogP) is 3.38.